The van der Waals surface area contributed by atoms with Gasteiger partial charge in [-0.3, -0.25) is 4.79 Å². The van der Waals surface area contributed by atoms with E-state index in [-0.39, 0.29) is 6.42 Å². The summed E-state index contributed by atoms with van der Waals surface area (Å²) >= 11 is 1.45. The van der Waals surface area contributed by atoms with Crippen LogP contribution in [0, 0.1) is 0 Å². The Morgan fingerprint density at radius 1 is 1.29 bits per heavy atom. The fourth-order valence-corrected chi connectivity index (χ4v) is 2.08. The number of benzene rings is 1. The molecule has 2 aromatic rings. The van der Waals surface area contributed by atoms with Crippen molar-refractivity contribution >= 4 is 29.5 Å². The highest BCUT2D eigenvalue weighted by atomic mass is 32.1. The van der Waals surface area contributed by atoms with Gasteiger partial charge in [-0.1, -0.05) is 36.4 Å². The highest BCUT2D eigenvalue weighted by molar-refractivity contribution is 7.10. The molecule has 0 aliphatic rings. The van der Waals surface area contributed by atoms with Gasteiger partial charge in [0, 0.05) is 5.38 Å². The van der Waals surface area contributed by atoms with Crippen molar-refractivity contribution < 1.29 is 9.90 Å². The molecule has 4 heteroatoms. The van der Waals surface area contributed by atoms with E-state index in [0.717, 1.165) is 10.6 Å². The van der Waals surface area contributed by atoms with Gasteiger partial charge in [-0.25, -0.2) is 4.98 Å². The third-order valence-corrected chi connectivity index (χ3v) is 2.98. The average molecular weight is 245 g/mol. The fraction of sp³-hybridized carbons (Fsp3) is 0.0769. The van der Waals surface area contributed by atoms with Crippen LogP contribution in [0.4, 0.5) is 0 Å². The highest BCUT2D eigenvalue weighted by Gasteiger charge is 2.03. The molecule has 0 bridgehead atoms. The first-order valence-electron chi connectivity index (χ1n) is 5.13. The zero-order chi connectivity index (χ0) is 12.1. The Morgan fingerprint density at radius 2 is 2.06 bits per heavy atom. The number of thiazole rings is 1. The van der Waals surface area contributed by atoms with Crippen molar-refractivity contribution in [2.45, 2.75) is 6.42 Å². The number of carboxylic acid groups (broad SMARTS) is 1. The van der Waals surface area contributed by atoms with Gasteiger partial charge >= 0.3 is 5.97 Å². The Kier molecular flexibility index (Phi) is 3.67. The molecule has 0 spiro atoms. The second kappa shape index (κ2) is 5.41. The number of aromatic nitrogens is 1. The van der Waals surface area contributed by atoms with E-state index in [9.17, 15) is 4.79 Å². The molecular formula is C13H11NO2S. The van der Waals surface area contributed by atoms with Crippen LogP contribution in [-0.2, 0) is 11.2 Å². The molecule has 0 fully saturated rings. The van der Waals surface area contributed by atoms with Gasteiger partial charge in [-0.05, 0) is 11.6 Å². The Hall–Kier alpha value is -1.94. The van der Waals surface area contributed by atoms with E-state index < -0.39 is 5.97 Å². The van der Waals surface area contributed by atoms with Crippen LogP contribution < -0.4 is 0 Å². The van der Waals surface area contributed by atoms with E-state index in [0.29, 0.717) is 5.69 Å². The molecule has 1 N–H and O–H groups in total. The summed E-state index contributed by atoms with van der Waals surface area (Å²) < 4.78 is 0. The van der Waals surface area contributed by atoms with Gasteiger partial charge in [0.05, 0.1) is 12.1 Å². The van der Waals surface area contributed by atoms with Crippen molar-refractivity contribution in [1.29, 1.82) is 0 Å². The largest absolute Gasteiger partial charge is 0.481 e. The highest BCUT2D eigenvalue weighted by Crippen LogP contribution is 2.14. The smallest absolute Gasteiger partial charge is 0.309 e. The maximum Gasteiger partial charge on any atom is 0.309 e. The van der Waals surface area contributed by atoms with E-state index in [4.69, 9.17) is 5.11 Å². The standard InChI is InChI=1S/C13H11NO2S/c15-13(16)8-11-9-17-12(14-11)7-6-10-4-2-1-3-5-10/h1-7,9H,8H2,(H,15,16)/b7-6+. The molecule has 1 heterocycles. The Bertz CT molecular complexity index is 531. The number of nitrogens with zero attached hydrogens (tertiary/aromatic N) is 1. The zero-order valence-corrected chi connectivity index (χ0v) is 9.85. The molecule has 0 amide bonds. The fourth-order valence-electron chi connectivity index (χ4n) is 1.37. The van der Waals surface area contributed by atoms with Gasteiger partial charge in [0.25, 0.3) is 0 Å². The second-order valence-corrected chi connectivity index (χ2v) is 4.38. The first kappa shape index (κ1) is 11.5. The van der Waals surface area contributed by atoms with Crippen LogP contribution >= 0.6 is 11.3 Å². The number of hydrogen-bond acceptors (Lipinski definition) is 3. The summed E-state index contributed by atoms with van der Waals surface area (Å²) in [6.45, 7) is 0. The Balaban J connectivity index is 2.06. The van der Waals surface area contributed by atoms with Crippen molar-refractivity contribution in [3.8, 4) is 0 Å². The molecule has 0 saturated heterocycles. The summed E-state index contributed by atoms with van der Waals surface area (Å²) in [5.41, 5.74) is 1.71. The van der Waals surface area contributed by atoms with Crippen LogP contribution in [0.2, 0.25) is 0 Å². The molecule has 0 atom stereocenters. The van der Waals surface area contributed by atoms with Crippen molar-refractivity contribution in [2.24, 2.45) is 0 Å². The van der Waals surface area contributed by atoms with E-state index in [1.165, 1.54) is 11.3 Å². The second-order valence-electron chi connectivity index (χ2n) is 3.49. The van der Waals surface area contributed by atoms with Gasteiger partial charge in [0.1, 0.15) is 5.01 Å². The predicted molar refractivity (Wildman–Crippen MR) is 68.8 cm³/mol. The summed E-state index contributed by atoms with van der Waals surface area (Å²) in [6, 6.07) is 9.91. The van der Waals surface area contributed by atoms with E-state index in [1.807, 2.05) is 42.5 Å². The molecule has 0 unspecified atom stereocenters. The molecule has 17 heavy (non-hydrogen) atoms. The Morgan fingerprint density at radius 3 is 2.76 bits per heavy atom. The van der Waals surface area contributed by atoms with Gasteiger partial charge < -0.3 is 5.11 Å². The number of carboxylic acids is 1. The quantitative estimate of drug-likeness (QED) is 0.901. The lowest BCUT2D eigenvalue weighted by Gasteiger charge is -1.90. The predicted octanol–water partition coefficient (Wildman–Crippen LogP) is 2.94. The molecule has 86 valence electrons. The third kappa shape index (κ3) is 3.53. The van der Waals surface area contributed by atoms with Crippen LogP contribution in [0.1, 0.15) is 16.3 Å². The van der Waals surface area contributed by atoms with Crippen LogP contribution in [0.3, 0.4) is 0 Å². The average Bonchev–Trinajstić information content (AvgIpc) is 2.75. The lowest BCUT2D eigenvalue weighted by atomic mass is 10.2. The first-order chi connectivity index (χ1) is 8.24. The zero-order valence-electron chi connectivity index (χ0n) is 9.04. The molecular weight excluding hydrogens is 234 g/mol. The van der Waals surface area contributed by atoms with Crippen LogP contribution in [-0.4, -0.2) is 16.1 Å². The van der Waals surface area contributed by atoms with Gasteiger partial charge in [0.15, 0.2) is 0 Å². The van der Waals surface area contributed by atoms with E-state index in [1.54, 1.807) is 5.38 Å². The lowest BCUT2D eigenvalue weighted by molar-refractivity contribution is -0.136. The minimum Gasteiger partial charge on any atom is -0.481 e. The molecule has 0 aliphatic heterocycles. The Labute approximate surface area is 103 Å². The van der Waals surface area contributed by atoms with Gasteiger partial charge in [-0.2, -0.15) is 0 Å². The summed E-state index contributed by atoms with van der Waals surface area (Å²) in [5.74, 6) is -0.853. The van der Waals surface area contributed by atoms with E-state index in [2.05, 4.69) is 4.98 Å². The monoisotopic (exact) mass is 245 g/mol. The third-order valence-electron chi connectivity index (χ3n) is 2.12. The number of hydrogen-bond donors (Lipinski definition) is 1. The summed E-state index contributed by atoms with van der Waals surface area (Å²) in [4.78, 5) is 14.7. The molecule has 0 saturated carbocycles. The number of carbonyl (C=O) groups is 1. The molecule has 2 rings (SSSR count). The normalized spacial score (nSPS) is 10.8. The number of aliphatic carboxylic acids is 1. The first-order valence-corrected chi connectivity index (χ1v) is 6.01. The summed E-state index contributed by atoms with van der Waals surface area (Å²) in [5, 5.41) is 11.2. The van der Waals surface area contributed by atoms with E-state index >= 15 is 0 Å². The maximum absolute atomic E-state index is 10.5. The summed E-state index contributed by atoms with van der Waals surface area (Å²) in [6.07, 6.45) is 3.84. The molecule has 1 aromatic carbocycles. The lowest BCUT2D eigenvalue weighted by Crippen LogP contribution is -1.99. The molecule has 1 aromatic heterocycles. The van der Waals surface area contributed by atoms with Crippen molar-refractivity contribution in [2.75, 3.05) is 0 Å². The molecule has 3 nitrogen and oxygen atoms in total. The van der Waals surface area contributed by atoms with Crippen molar-refractivity contribution in [3.05, 3.63) is 52.0 Å². The van der Waals surface area contributed by atoms with Gasteiger partial charge in [-0.15, -0.1) is 11.3 Å². The number of rotatable bonds is 4. The SMILES string of the molecule is O=C(O)Cc1csc(/C=C/c2ccccc2)n1. The topological polar surface area (TPSA) is 50.2 Å². The minimum atomic E-state index is -0.853. The minimum absolute atomic E-state index is 0.0182. The van der Waals surface area contributed by atoms with Crippen LogP contribution in [0.5, 0.6) is 0 Å². The van der Waals surface area contributed by atoms with Crippen molar-refractivity contribution in [1.82, 2.24) is 4.98 Å². The van der Waals surface area contributed by atoms with Crippen molar-refractivity contribution in [3.63, 3.8) is 0 Å². The molecule has 0 aliphatic carbocycles. The van der Waals surface area contributed by atoms with Crippen LogP contribution in [0.25, 0.3) is 12.2 Å². The van der Waals surface area contributed by atoms with Gasteiger partial charge in [0.2, 0.25) is 0 Å². The van der Waals surface area contributed by atoms with Crippen LogP contribution in [0.15, 0.2) is 35.7 Å². The summed E-state index contributed by atoms with van der Waals surface area (Å²) in [7, 11) is 0. The molecule has 0 radical (unpaired) electrons. The maximum atomic E-state index is 10.5.